The van der Waals surface area contributed by atoms with Gasteiger partial charge < -0.3 is 24.7 Å². The smallest absolute Gasteiger partial charge is 0.407 e. The molecule has 8 nitrogen and oxygen atoms in total. The van der Waals surface area contributed by atoms with Crippen LogP contribution in [0.25, 0.3) is 5.57 Å². The molecule has 2 heterocycles. The van der Waals surface area contributed by atoms with Crippen LogP contribution in [0.3, 0.4) is 0 Å². The van der Waals surface area contributed by atoms with Crippen LogP contribution in [0.1, 0.15) is 17.5 Å². The van der Waals surface area contributed by atoms with E-state index < -0.39 is 6.09 Å². The Balaban J connectivity index is 2.02. The van der Waals surface area contributed by atoms with Crippen molar-refractivity contribution in [2.45, 2.75) is 12.5 Å². The Labute approximate surface area is 171 Å². The zero-order chi connectivity index (χ0) is 21.1. The fourth-order valence-electron chi connectivity index (χ4n) is 3.62. The predicted octanol–water partition coefficient (Wildman–Crippen LogP) is 2.30. The van der Waals surface area contributed by atoms with Crippen LogP contribution in [0.15, 0.2) is 23.2 Å². The van der Waals surface area contributed by atoms with E-state index in [0.717, 1.165) is 29.9 Å². The summed E-state index contributed by atoms with van der Waals surface area (Å²) in [7, 11) is 7.91. The first-order valence-electron chi connectivity index (χ1n) is 9.68. The van der Waals surface area contributed by atoms with E-state index in [2.05, 4.69) is 35.0 Å². The lowest BCUT2D eigenvalue weighted by Gasteiger charge is -2.45. The number of hydrogen-bond acceptors (Lipinski definition) is 5. The van der Waals surface area contributed by atoms with E-state index in [4.69, 9.17) is 0 Å². The molecule has 2 aliphatic rings. The lowest BCUT2D eigenvalue weighted by Crippen LogP contribution is -2.58. The summed E-state index contributed by atoms with van der Waals surface area (Å²) in [5.74, 6) is 0. The van der Waals surface area contributed by atoms with Gasteiger partial charge in [-0.3, -0.25) is 0 Å². The molecule has 1 amide bonds. The fraction of sp³-hybridized carbons (Fsp3) is 0.476. The van der Waals surface area contributed by atoms with Gasteiger partial charge in [-0.05, 0) is 32.2 Å². The van der Waals surface area contributed by atoms with Crippen LogP contribution < -0.4 is 4.90 Å². The summed E-state index contributed by atoms with van der Waals surface area (Å²) in [6, 6.07) is 6.72. The minimum Gasteiger partial charge on any atom is -0.465 e. The molecule has 0 saturated carbocycles. The Kier molecular flexibility index (Phi) is 6.09. The summed E-state index contributed by atoms with van der Waals surface area (Å²) < 4.78 is 0. The molecule has 0 aromatic heterocycles. The first kappa shape index (κ1) is 20.7. The number of benzene rings is 1. The van der Waals surface area contributed by atoms with E-state index in [-0.39, 0.29) is 0 Å². The average Bonchev–Trinajstić information content (AvgIpc) is 2.64. The Morgan fingerprint density at radius 1 is 1.31 bits per heavy atom. The number of amides is 1. The number of nitrogens with zero attached hydrogens (tertiary/aromatic N) is 6. The van der Waals surface area contributed by atoms with Crippen molar-refractivity contribution in [2.24, 2.45) is 4.99 Å². The van der Waals surface area contributed by atoms with Crippen molar-refractivity contribution >= 4 is 29.4 Å². The quantitative estimate of drug-likeness (QED) is 0.607. The summed E-state index contributed by atoms with van der Waals surface area (Å²) in [4.78, 5) is 23.4. The molecule has 0 spiro atoms. The number of anilines is 1. The highest BCUT2D eigenvalue weighted by Gasteiger charge is 2.33. The van der Waals surface area contributed by atoms with Crippen molar-refractivity contribution in [3.63, 3.8) is 0 Å². The molecular weight excluding hydrogens is 368 g/mol. The minimum absolute atomic E-state index is 0.368. The van der Waals surface area contributed by atoms with Gasteiger partial charge in [-0.1, -0.05) is 12.1 Å². The first-order valence-corrected chi connectivity index (χ1v) is 9.68. The molecule has 29 heavy (non-hydrogen) atoms. The normalized spacial score (nSPS) is 17.3. The zero-order valence-corrected chi connectivity index (χ0v) is 17.5. The highest BCUT2D eigenvalue weighted by Crippen LogP contribution is 2.40. The molecule has 0 unspecified atom stereocenters. The van der Waals surface area contributed by atoms with Crippen LogP contribution in [0.4, 0.5) is 16.2 Å². The maximum atomic E-state index is 11.2. The Bertz CT molecular complexity index is 878. The number of nitriles is 1. The second kappa shape index (κ2) is 8.53. The highest BCUT2D eigenvalue weighted by molar-refractivity contribution is 5.87. The largest absolute Gasteiger partial charge is 0.465 e. The van der Waals surface area contributed by atoms with Crippen LogP contribution in [-0.4, -0.2) is 92.6 Å². The molecule has 1 aromatic rings. The lowest BCUT2D eigenvalue weighted by atomic mass is 9.92. The molecule has 1 saturated heterocycles. The molecule has 0 atom stereocenters. The number of carboxylic acid groups (broad SMARTS) is 1. The van der Waals surface area contributed by atoms with Gasteiger partial charge in [0.15, 0.2) is 0 Å². The van der Waals surface area contributed by atoms with E-state index in [0.29, 0.717) is 36.8 Å². The zero-order valence-electron chi connectivity index (χ0n) is 17.5. The molecular formula is C21H28N6O2. The summed E-state index contributed by atoms with van der Waals surface area (Å²) >= 11 is 0. The topological polar surface area (TPSA) is 86.4 Å². The van der Waals surface area contributed by atoms with Crippen molar-refractivity contribution in [1.82, 2.24) is 14.7 Å². The van der Waals surface area contributed by atoms with Gasteiger partial charge in [0, 0.05) is 51.9 Å². The molecule has 0 aliphatic carbocycles. The summed E-state index contributed by atoms with van der Waals surface area (Å²) in [5, 5.41) is 19.2. The molecule has 0 bridgehead atoms. The Morgan fingerprint density at radius 2 is 2.03 bits per heavy atom. The van der Waals surface area contributed by atoms with E-state index in [9.17, 15) is 15.2 Å². The molecule has 154 valence electrons. The number of likely N-dealkylation sites (N-methyl/N-ethyl adjacent to an activating group) is 1. The summed E-state index contributed by atoms with van der Waals surface area (Å²) in [5.41, 5.74) is 4.23. The van der Waals surface area contributed by atoms with Crippen molar-refractivity contribution in [3.8, 4) is 6.07 Å². The second-order valence-corrected chi connectivity index (χ2v) is 7.91. The molecule has 2 aliphatic heterocycles. The van der Waals surface area contributed by atoms with Crippen molar-refractivity contribution in [3.05, 3.63) is 29.3 Å². The van der Waals surface area contributed by atoms with Crippen molar-refractivity contribution in [2.75, 3.05) is 59.3 Å². The lowest BCUT2D eigenvalue weighted by molar-refractivity contribution is 0.150. The van der Waals surface area contributed by atoms with Crippen molar-refractivity contribution in [1.29, 1.82) is 5.26 Å². The van der Waals surface area contributed by atoms with E-state index in [1.807, 2.05) is 37.2 Å². The number of rotatable bonds is 5. The minimum atomic E-state index is -0.900. The van der Waals surface area contributed by atoms with Gasteiger partial charge in [-0.15, -0.1) is 0 Å². The highest BCUT2D eigenvalue weighted by atomic mass is 16.4. The van der Waals surface area contributed by atoms with E-state index in [1.54, 1.807) is 6.34 Å². The number of aliphatic imine (C=N–C) groups is 1. The van der Waals surface area contributed by atoms with E-state index >= 15 is 0 Å². The molecule has 1 N–H and O–H groups in total. The monoisotopic (exact) mass is 396 g/mol. The summed E-state index contributed by atoms with van der Waals surface area (Å²) in [6.45, 7) is 2.53. The standard InChI is InChI=1S/C21H28N6O2/c1-24(2)14-23-19-6-5-17(15-7-9-26(10-8-15)21(28)29)20(18(19)11-22)27-12-16(13-27)25(3)4/h5-7,14,16H,8-10,12-13H2,1-4H3,(H,28,29)/b23-14+. The van der Waals surface area contributed by atoms with Gasteiger partial charge in [0.25, 0.3) is 0 Å². The molecule has 8 heteroatoms. The third-order valence-electron chi connectivity index (χ3n) is 5.43. The van der Waals surface area contributed by atoms with Gasteiger partial charge in [0.1, 0.15) is 11.6 Å². The van der Waals surface area contributed by atoms with Gasteiger partial charge in [0.2, 0.25) is 0 Å². The fourth-order valence-corrected chi connectivity index (χ4v) is 3.62. The summed E-state index contributed by atoms with van der Waals surface area (Å²) in [6.07, 6.45) is 3.39. The Morgan fingerprint density at radius 3 is 2.55 bits per heavy atom. The molecule has 1 fully saturated rings. The third-order valence-corrected chi connectivity index (χ3v) is 5.43. The molecule has 1 aromatic carbocycles. The van der Waals surface area contributed by atoms with Crippen molar-refractivity contribution < 1.29 is 9.90 Å². The van der Waals surface area contributed by atoms with E-state index in [1.165, 1.54) is 4.90 Å². The number of carbonyl (C=O) groups is 1. The second-order valence-electron chi connectivity index (χ2n) is 7.91. The first-order chi connectivity index (χ1) is 13.8. The van der Waals surface area contributed by atoms with Crippen LogP contribution in [0.5, 0.6) is 0 Å². The van der Waals surface area contributed by atoms with Crippen LogP contribution >= 0.6 is 0 Å². The van der Waals surface area contributed by atoms with Crippen LogP contribution in [0.2, 0.25) is 0 Å². The average molecular weight is 396 g/mol. The predicted molar refractivity (Wildman–Crippen MR) is 115 cm³/mol. The van der Waals surface area contributed by atoms with Crippen LogP contribution in [0, 0.1) is 11.3 Å². The third kappa shape index (κ3) is 4.35. The maximum absolute atomic E-state index is 11.2. The van der Waals surface area contributed by atoms with Crippen LogP contribution in [-0.2, 0) is 0 Å². The molecule has 0 radical (unpaired) electrons. The maximum Gasteiger partial charge on any atom is 0.407 e. The SMILES string of the molecule is CN(C)/C=N/c1ccc(C2=CCN(C(=O)O)CC2)c(N2CC(N(C)C)C2)c1C#N. The van der Waals surface area contributed by atoms with Gasteiger partial charge >= 0.3 is 6.09 Å². The van der Waals surface area contributed by atoms with Gasteiger partial charge in [-0.25, -0.2) is 9.79 Å². The van der Waals surface area contributed by atoms with Gasteiger partial charge in [-0.2, -0.15) is 5.26 Å². The number of hydrogen-bond donors (Lipinski definition) is 1. The van der Waals surface area contributed by atoms with Gasteiger partial charge in [0.05, 0.1) is 17.7 Å². The molecule has 3 rings (SSSR count). The Hall–Kier alpha value is -3.05.